The molecule has 5 heteroatoms. The molecule has 278 valence electrons. The van der Waals surface area contributed by atoms with Gasteiger partial charge in [-0.1, -0.05) is 130 Å². The molecule has 5 nitrogen and oxygen atoms in total. The van der Waals surface area contributed by atoms with E-state index in [4.69, 9.17) is 9.47 Å². The predicted molar refractivity (Wildman–Crippen MR) is 206 cm³/mol. The molecule has 0 spiro atoms. The summed E-state index contributed by atoms with van der Waals surface area (Å²) in [5.74, 6) is 1.57. The van der Waals surface area contributed by atoms with E-state index in [1.165, 1.54) is 120 Å². The maximum atomic E-state index is 12.6. The number of rotatable bonds is 35. The third-order valence-corrected chi connectivity index (χ3v) is 9.51. The fraction of sp³-hybridized carbons (Fsp3) is 0.791. The van der Waals surface area contributed by atoms with Gasteiger partial charge >= 0.3 is 5.97 Å². The zero-order valence-electron chi connectivity index (χ0n) is 32.0. The van der Waals surface area contributed by atoms with E-state index in [1.54, 1.807) is 0 Å². The Labute approximate surface area is 297 Å². The van der Waals surface area contributed by atoms with Crippen molar-refractivity contribution in [1.82, 2.24) is 4.90 Å². The van der Waals surface area contributed by atoms with Gasteiger partial charge in [0.25, 0.3) is 0 Å². The van der Waals surface area contributed by atoms with Crippen LogP contribution in [0, 0.1) is 0 Å². The molecule has 0 heterocycles. The van der Waals surface area contributed by atoms with Crippen molar-refractivity contribution in [3.05, 3.63) is 41.7 Å². The van der Waals surface area contributed by atoms with Crippen LogP contribution >= 0.6 is 0 Å². The molecule has 0 radical (unpaired) electrons. The van der Waals surface area contributed by atoms with Crippen molar-refractivity contribution in [2.45, 2.75) is 188 Å². The first-order chi connectivity index (χ1) is 23.5. The summed E-state index contributed by atoms with van der Waals surface area (Å²) in [6, 6.07) is 6.30. The Kier molecular flexibility index (Phi) is 29.8. The van der Waals surface area contributed by atoms with Gasteiger partial charge in [-0.15, -0.1) is 0 Å². The van der Waals surface area contributed by atoms with Crippen LogP contribution in [0.2, 0.25) is 0 Å². The number of allylic oxidation sites excluding steroid dienone is 1. The van der Waals surface area contributed by atoms with E-state index in [0.717, 1.165) is 83.4 Å². The summed E-state index contributed by atoms with van der Waals surface area (Å²) in [7, 11) is 0. The molecule has 0 amide bonds. The zero-order chi connectivity index (χ0) is 34.9. The average Bonchev–Trinajstić information content (AvgIpc) is 3.08. The highest BCUT2D eigenvalue weighted by Crippen LogP contribution is 2.23. The van der Waals surface area contributed by atoms with Crippen LogP contribution < -0.4 is 4.74 Å². The molecule has 0 unspecified atom stereocenters. The summed E-state index contributed by atoms with van der Waals surface area (Å²) in [6.45, 7) is 14.8. The molecular formula is C43H77NO4. The molecule has 1 rings (SSSR count). The van der Waals surface area contributed by atoms with Crippen molar-refractivity contribution >= 4 is 5.97 Å². The van der Waals surface area contributed by atoms with E-state index < -0.39 is 0 Å². The fourth-order valence-corrected chi connectivity index (χ4v) is 6.43. The number of unbranched alkanes of at least 4 members (excludes halogenated alkanes) is 17. The minimum atomic E-state index is -0.107. The van der Waals surface area contributed by atoms with Crippen LogP contribution in [0.5, 0.6) is 5.75 Å². The molecule has 0 atom stereocenters. The molecule has 0 aliphatic rings. The summed E-state index contributed by atoms with van der Waals surface area (Å²) in [5, 5.41) is 9.53. The maximum Gasteiger partial charge on any atom is 0.311 e. The Bertz CT molecular complexity index is 901. The molecule has 0 saturated heterocycles. The molecule has 0 aliphatic heterocycles. The van der Waals surface area contributed by atoms with Crippen molar-refractivity contribution in [1.29, 1.82) is 0 Å². The number of carbonyl (C=O) groups excluding carboxylic acids is 1. The topological polar surface area (TPSA) is 59.0 Å². The van der Waals surface area contributed by atoms with Gasteiger partial charge in [-0.25, -0.2) is 0 Å². The predicted octanol–water partition coefficient (Wildman–Crippen LogP) is 11.9. The Hall–Kier alpha value is -1.85. The lowest BCUT2D eigenvalue weighted by atomic mass is 9.97. The summed E-state index contributed by atoms with van der Waals surface area (Å²) < 4.78 is 11.6. The highest BCUT2D eigenvalue weighted by Gasteiger charge is 2.10. The van der Waals surface area contributed by atoms with Crippen molar-refractivity contribution in [3.63, 3.8) is 0 Å². The molecule has 0 fully saturated rings. The molecule has 48 heavy (non-hydrogen) atoms. The number of esters is 1. The molecule has 0 bridgehead atoms. The van der Waals surface area contributed by atoms with Crippen LogP contribution in [0.15, 0.2) is 30.5 Å². The fourth-order valence-electron chi connectivity index (χ4n) is 6.43. The van der Waals surface area contributed by atoms with E-state index in [2.05, 4.69) is 44.4 Å². The van der Waals surface area contributed by atoms with Gasteiger partial charge in [0.1, 0.15) is 5.75 Å². The second-order valence-electron chi connectivity index (χ2n) is 14.1. The first-order valence-corrected chi connectivity index (χ1v) is 20.5. The summed E-state index contributed by atoms with van der Waals surface area (Å²) in [6.07, 6.45) is 30.3. The number of ether oxygens (including phenoxy) is 2. The lowest BCUT2D eigenvalue weighted by molar-refractivity contribution is -0.134. The molecule has 0 aromatic heterocycles. The van der Waals surface area contributed by atoms with Gasteiger partial charge < -0.3 is 19.5 Å². The number of aliphatic hydroxyl groups is 1. The molecule has 1 aromatic rings. The Morgan fingerprint density at radius 2 is 1.15 bits per heavy atom. The lowest BCUT2D eigenvalue weighted by Crippen LogP contribution is -2.29. The van der Waals surface area contributed by atoms with Gasteiger partial charge in [-0.05, 0) is 94.1 Å². The molecule has 0 aliphatic carbocycles. The van der Waals surface area contributed by atoms with Crippen LogP contribution in [0.1, 0.15) is 186 Å². The van der Waals surface area contributed by atoms with Gasteiger partial charge in [0.05, 0.1) is 19.0 Å². The van der Waals surface area contributed by atoms with Gasteiger partial charge in [-0.2, -0.15) is 0 Å². The van der Waals surface area contributed by atoms with Crippen molar-refractivity contribution in [2.75, 3.05) is 32.8 Å². The number of aryl methyl sites for hydroxylation is 2. The van der Waals surface area contributed by atoms with Crippen LogP contribution in [-0.2, 0) is 22.4 Å². The van der Waals surface area contributed by atoms with Crippen LogP contribution in [0.4, 0.5) is 0 Å². The van der Waals surface area contributed by atoms with Crippen molar-refractivity contribution in [2.24, 2.45) is 0 Å². The second kappa shape index (κ2) is 32.4. The van der Waals surface area contributed by atoms with E-state index in [-0.39, 0.29) is 12.6 Å². The zero-order valence-corrected chi connectivity index (χ0v) is 32.0. The number of nitrogens with zero attached hydrogens (tertiary/aromatic N) is 1. The minimum absolute atomic E-state index is 0.107. The van der Waals surface area contributed by atoms with Crippen LogP contribution in [0.3, 0.4) is 0 Å². The van der Waals surface area contributed by atoms with Gasteiger partial charge in [-0.3, -0.25) is 4.79 Å². The lowest BCUT2D eigenvalue weighted by Gasteiger charge is -2.21. The number of aliphatic hydroxyl groups excluding tert-OH is 1. The third-order valence-electron chi connectivity index (χ3n) is 9.51. The summed E-state index contributed by atoms with van der Waals surface area (Å²) >= 11 is 0. The molecular weight excluding hydrogens is 594 g/mol. The molecule has 0 saturated carbocycles. The number of benzene rings is 1. The SMILES string of the molecule is C=C(CCCCCCCN(CCO)CCCCCCCC(=O)Oc1ccc(CCCCC)c(CCCCC)c1)OCCCCCCCC. The minimum Gasteiger partial charge on any atom is -0.499 e. The van der Waals surface area contributed by atoms with Crippen LogP contribution in [0.25, 0.3) is 0 Å². The highest BCUT2D eigenvalue weighted by atomic mass is 16.5. The van der Waals surface area contributed by atoms with E-state index in [0.29, 0.717) is 12.2 Å². The standard InChI is InChI=1S/C43H77NO4/c1-5-8-11-12-19-26-37-47-39(4)27-22-15-13-17-24-33-44(35-36-45)34-25-18-14-16-23-30-43(46)48-42-32-31-40(28-20-9-6-2)41(38-42)29-21-10-7-3/h31-32,38,45H,4-30,33-37H2,1-3H3. The van der Waals surface area contributed by atoms with Crippen molar-refractivity contribution < 1.29 is 19.4 Å². The van der Waals surface area contributed by atoms with Gasteiger partial charge in [0.15, 0.2) is 0 Å². The Balaban J connectivity index is 2.13. The first-order valence-electron chi connectivity index (χ1n) is 20.5. The highest BCUT2D eigenvalue weighted by molar-refractivity contribution is 5.72. The van der Waals surface area contributed by atoms with E-state index in [9.17, 15) is 9.90 Å². The largest absolute Gasteiger partial charge is 0.499 e. The first kappa shape index (κ1) is 44.2. The van der Waals surface area contributed by atoms with E-state index in [1.807, 2.05) is 6.07 Å². The quantitative estimate of drug-likeness (QED) is 0.0337. The monoisotopic (exact) mass is 672 g/mol. The Morgan fingerprint density at radius 1 is 0.625 bits per heavy atom. The smallest absolute Gasteiger partial charge is 0.311 e. The number of hydrogen-bond donors (Lipinski definition) is 1. The summed E-state index contributed by atoms with van der Waals surface area (Å²) in [5.41, 5.74) is 2.79. The summed E-state index contributed by atoms with van der Waals surface area (Å²) in [4.78, 5) is 15.0. The molecule has 1 N–H and O–H groups in total. The third kappa shape index (κ3) is 25.2. The van der Waals surface area contributed by atoms with Gasteiger partial charge in [0.2, 0.25) is 0 Å². The second-order valence-corrected chi connectivity index (χ2v) is 14.1. The average molecular weight is 672 g/mol. The Morgan fingerprint density at radius 3 is 1.77 bits per heavy atom. The van der Waals surface area contributed by atoms with Gasteiger partial charge in [0, 0.05) is 19.4 Å². The number of carbonyl (C=O) groups is 1. The van der Waals surface area contributed by atoms with E-state index >= 15 is 0 Å². The normalized spacial score (nSPS) is 11.4. The number of hydrogen-bond acceptors (Lipinski definition) is 5. The van der Waals surface area contributed by atoms with Crippen LogP contribution in [-0.4, -0.2) is 48.8 Å². The maximum absolute atomic E-state index is 12.6. The molecule has 1 aromatic carbocycles. The van der Waals surface area contributed by atoms with Crippen molar-refractivity contribution in [3.8, 4) is 5.75 Å².